The van der Waals surface area contributed by atoms with Gasteiger partial charge in [-0.2, -0.15) is 4.98 Å². The smallest absolute Gasteiger partial charge is 0.227 e. The van der Waals surface area contributed by atoms with Crippen LogP contribution >= 0.6 is 0 Å². The Morgan fingerprint density at radius 1 is 1.17 bits per heavy atom. The largest absolute Gasteiger partial charge is 0.464 e. The predicted octanol–water partition coefficient (Wildman–Crippen LogP) is 4.64. The first-order valence-corrected chi connectivity index (χ1v) is 9.63. The quantitative estimate of drug-likeness (QED) is 0.688. The predicted molar refractivity (Wildman–Crippen MR) is 106 cm³/mol. The average molecular weight is 392 g/mol. The molecule has 2 aromatic heterocycles. The molecule has 1 unspecified atom stereocenters. The Labute approximate surface area is 167 Å². The van der Waals surface area contributed by atoms with E-state index in [0.29, 0.717) is 35.1 Å². The molecule has 0 saturated carbocycles. The number of hydrogen-bond acceptors (Lipinski definition) is 5. The van der Waals surface area contributed by atoms with E-state index in [-0.39, 0.29) is 17.0 Å². The van der Waals surface area contributed by atoms with Crippen molar-refractivity contribution in [3.8, 4) is 11.4 Å². The van der Waals surface area contributed by atoms with Crippen molar-refractivity contribution in [3.63, 3.8) is 0 Å². The number of aryl methyl sites for hydroxylation is 1. The number of fused-ring (bicyclic) bond motifs is 1. The molecule has 1 atom stereocenters. The second-order valence-electron chi connectivity index (χ2n) is 8.52. The lowest BCUT2D eigenvalue weighted by Gasteiger charge is -2.37. The molecular weight excluding hydrogens is 371 g/mol. The van der Waals surface area contributed by atoms with Crippen molar-refractivity contribution in [1.82, 2.24) is 14.8 Å². The normalized spacial score (nSPS) is 20.3. The van der Waals surface area contributed by atoms with Gasteiger partial charge in [-0.05, 0) is 55.2 Å². The fourth-order valence-corrected chi connectivity index (χ4v) is 4.19. The molecule has 7 heteroatoms. The van der Waals surface area contributed by atoms with Gasteiger partial charge in [0.25, 0.3) is 0 Å². The fourth-order valence-electron chi connectivity index (χ4n) is 4.19. The van der Waals surface area contributed by atoms with Crippen LogP contribution in [0.3, 0.4) is 0 Å². The van der Waals surface area contributed by atoms with Crippen molar-refractivity contribution in [2.24, 2.45) is 5.41 Å². The van der Waals surface area contributed by atoms with E-state index < -0.39 is 6.04 Å². The molecular formula is C22H21FN4O2. The molecule has 0 amide bonds. The molecule has 0 saturated heterocycles. The molecule has 1 aliphatic heterocycles. The minimum Gasteiger partial charge on any atom is -0.464 e. The molecule has 0 spiro atoms. The van der Waals surface area contributed by atoms with Gasteiger partial charge in [0.05, 0.1) is 0 Å². The third kappa shape index (κ3) is 2.97. The highest BCUT2D eigenvalue weighted by atomic mass is 19.1. The molecule has 3 heterocycles. The Bertz CT molecular complexity index is 1150. The number of halogens is 1. The van der Waals surface area contributed by atoms with E-state index in [1.165, 1.54) is 12.1 Å². The Morgan fingerprint density at radius 3 is 2.62 bits per heavy atom. The van der Waals surface area contributed by atoms with Crippen molar-refractivity contribution in [3.05, 3.63) is 65.0 Å². The van der Waals surface area contributed by atoms with Gasteiger partial charge in [-0.3, -0.25) is 4.79 Å². The Hall–Kier alpha value is -3.22. The van der Waals surface area contributed by atoms with Crippen LogP contribution in [-0.2, 0) is 4.79 Å². The van der Waals surface area contributed by atoms with Gasteiger partial charge in [-0.1, -0.05) is 13.8 Å². The molecule has 1 N–H and O–H groups in total. The van der Waals surface area contributed by atoms with Crippen LogP contribution in [0.1, 0.15) is 44.3 Å². The average Bonchev–Trinajstić information content (AvgIpc) is 3.25. The van der Waals surface area contributed by atoms with E-state index >= 15 is 0 Å². The van der Waals surface area contributed by atoms with Crippen LogP contribution in [0.4, 0.5) is 10.3 Å². The molecule has 0 bridgehead atoms. The van der Waals surface area contributed by atoms with E-state index in [1.54, 1.807) is 16.8 Å². The number of aromatic nitrogens is 3. The third-order valence-electron chi connectivity index (χ3n) is 5.46. The first-order valence-electron chi connectivity index (χ1n) is 9.63. The molecule has 148 valence electrons. The summed E-state index contributed by atoms with van der Waals surface area (Å²) in [5, 5.41) is 7.98. The lowest BCUT2D eigenvalue weighted by atomic mass is 9.73. The maximum absolute atomic E-state index is 13.3. The van der Waals surface area contributed by atoms with E-state index in [9.17, 15) is 9.18 Å². The molecule has 0 radical (unpaired) electrons. The number of anilines is 1. The highest BCUT2D eigenvalue weighted by Gasteiger charge is 2.43. The Balaban J connectivity index is 1.67. The molecule has 6 nitrogen and oxygen atoms in total. The number of allylic oxidation sites excluding steroid dienone is 2. The molecule has 29 heavy (non-hydrogen) atoms. The lowest BCUT2D eigenvalue weighted by molar-refractivity contribution is -0.118. The van der Waals surface area contributed by atoms with Gasteiger partial charge in [0.1, 0.15) is 23.4 Å². The van der Waals surface area contributed by atoms with Crippen LogP contribution < -0.4 is 5.32 Å². The molecule has 3 aromatic rings. The fraction of sp³-hybridized carbons (Fsp3) is 0.318. The van der Waals surface area contributed by atoms with Crippen molar-refractivity contribution in [2.45, 2.75) is 39.7 Å². The van der Waals surface area contributed by atoms with Gasteiger partial charge < -0.3 is 9.73 Å². The first-order chi connectivity index (χ1) is 13.8. The number of carbonyl (C=O) groups excluding carboxylic acids is 1. The molecule has 5 rings (SSSR count). The van der Waals surface area contributed by atoms with Crippen molar-refractivity contribution in [2.75, 3.05) is 5.32 Å². The number of hydrogen-bond donors (Lipinski definition) is 1. The SMILES string of the molecule is Cc1ccc(C2C3=C(CC(C)(C)CC3=O)Nc3nc(-c4ccc(F)cc4)nn32)o1. The molecule has 1 aromatic carbocycles. The zero-order chi connectivity index (χ0) is 20.3. The number of benzene rings is 1. The summed E-state index contributed by atoms with van der Waals surface area (Å²) in [6.07, 6.45) is 1.21. The maximum Gasteiger partial charge on any atom is 0.227 e. The maximum atomic E-state index is 13.3. The van der Waals surface area contributed by atoms with Crippen molar-refractivity contribution in [1.29, 1.82) is 0 Å². The number of nitrogens with zero attached hydrogens (tertiary/aromatic N) is 3. The van der Waals surface area contributed by atoms with Gasteiger partial charge in [-0.25, -0.2) is 9.07 Å². The number of Topliss-reactive ketones (excluding diaryl/α,β-unsaturated/α-hetero) is 1. The summed E-state index contributed by atoms with van der Waals surface area (Å²) in [6.45, 7) is 6.05. The van der Waals surface area contributed by atoms with Gasteiger partial charge in [0.15, 0.2) is 11.6 Å². The van der Waals surface area contributed by atoms with Gasteiger partial charge in [-0.15, -0.1) is 5.10 Å². The summed E-state index contributed by atoms with van der Waals surface area (Å²) in [5.41, 5.74) is 2.13. The third-order valence-corrected chi connectivity index (χ3v) is 5.46. The van der Waals surface area contributed by atoms with E-state index in [1.807, 2.05) is 19.1 Å². The summed E-state index contributed by atoms with van der Waals surface area (Å²) in [5.74, 6) is 2.21. The zero-order valence-corrected chi connectivity index (χ0v) is 16.5. The van der Waals surface area contributed by atoms with Gasteiger partial charge in [0, 0.05) is 23.3 Å². The number of rotatable bonds is 2. The highest BCUT2D eigenvalue weighted by molar-refractivity contribution is 6.00. The highest BCUT2D eigenvalue weighted by Crippen LogP contribution is 2.45. The topological polar surface area (TPSA) is 73.0 Å². The van der Waals surface area contributed by atoms with Crippen molar-refractivity contribution < 1.29 is 13.6 Å². The summed E-state index contributed by atoms with van der Waals surface area (Å²) in [4.78, 5) is 17.7. The zero-order valence-electron chi connectivity index (χ0n) is 16.5. The van der Waals surface area contributed by atoms with Gasteiger partial charge in [0.2, 0.25) is 5.95 Å². The number of carbonyl (C=O) groups is 1. The van der Waals surface area contributed by atoms with E-state index in [0.717, 1.165) is 17.9 Å². The molecule has 0 fully saturated rings. The number of nitrogens with one attached hydrogen (secondary N) is 1. The van der Waals surface area contributed by atoms with Crippen LogP contribution in [0, 0.1) is 18.2 Å². The summed E-state index contributed by atoms with van der Waals surface area (Å²) in [7, 11) is 0. The van der Waals surface area contributed by atoms with Crippen LogP contribution in [0.15, 0.2) is 52.1 Å². The van der Waals surface area contributed by atoms with Crippen LogP contribution in [0.2, 0.25) is 0 Å². The van der Waals surface area contributed by atoms with E-state index in [2.05, 4.69) is 29.2 Å². The van der Waals surface area contributed by atoms with Crippen LogP contribution in [0.5, 0.6) is 0 Å². The summed E-state index contributed by atoms with van der Waals surface area (Å²) >= 11 is 0. The Kier molecular flexibility index (Phi) is 3.78. The monoisotopic (exact) mass is 392 g/mol. The Morgan fingerprint density at radius 2 is 1.93 bits per heavy atom. The number of furan rings is 1. The van der Waals surface area contributed by atoms with E-state index in [4.69, 9.17) is 4.42 Å². The minimum atomic E-state index is -0.472. The minimum absolute atomic E-state index is 0.0901. The second kappa shape index (κ2) is 6.14. The second-order valence-corrected chi connectivity index (χ2v) is 8.52. The summed E-state index contributed by atoms with van der Waals surface area (Å²) in [6, 6.07) is 9.34. The molecule has 1 aliphatic carbocycles. The standard InChI is InChI=1S/C22H21FN4O2/c1-12-4-9-17(29-12)19-18-15(10-22(2,3)11-16(18)28)24-21-25-20(26-27(19)21)13-5-7-14(23)8-6-13/h4-9,19H,10-11H2,1-3H3,(H,24,25,26). The van der Waals surface area contributed by atoms with Crippen LogP contribution in [0.25, 0.3) is 11.4 Å². The molecule has 2 aliphatic rings. The first kappa shape index (κ1) is 17.8. The number of ketones is 1. The van der Waals surface area contributed by atoms with Gasteiger partial charge >= 0.3 is 0 Å². The summed E-state index contributed by atoms with van der Waals surface area (Å²) < 4.78 is 20.9. The van der Waals surface area contributed by atoms with Crippen LogP contribution in [-0.4, -0.2) is 20.5 Å². The lowest BCUT2D eigenvalue weighted by Crippen LogP contribution is -2.36. The van der Waals surface area contributed by atoms with Crippen molar-refractivity contribution >= 4 is 11.7 Å².